The van der Waals surface area contributed by atoms with Crippen molar-refractivity contribution in [3.63, 3.8) is 0 Å². The lowest BCUT2D eigenvalue weighted by Crippen LogP contribution is -2.30. The standard InChI is InChI=1S/C16H24ClNO2/c1-13(2)12-20-16-9-5-4-8-15(16)18(14(3)19)11-7-6-10-17/h4-5,8-9,13H,6-7,10-12H2,1-3H3. The van der Waals surface area contributed by atoms with Gasteiger partial charge in [0.15, 0.2) is 0 Å². The highest BCUT2D eigenvalue weighted by Crippen LogP contribution is 2.29. The molecule has 20 heavy (non-hydrogen) atoms. The van der Waals surface area contributed by atoms with Gasteiger partial charge >= 0.3 is 0 Å². The van der Waals surface area contributed by atoms with Gasteiger partial charge in [0, 0.05) is 19.3 Å². The van der Waals surface area contributed by atoms with E-state index in [1.165, 1.54) is 0 Å². The Kier molecular flexibility index (Phi) is 7.45. The summed E-state index contributed by atoms with van der Waals surface area (Å²) in [5.74, 6) is 1.87. The van der Waals surface area contributed by atoms with E-state index in [4.69, 9.17) is 16.3 Å². The number of para-hydroxylation sites is 2. The quantitative estimate of drug-likeness (QED) is 0.534. The fourth-order valence-electron chi connectivity index (χ4n) is 1.87. The van der Waals surface area contributed by atoms with Gasteiger partial charge in [-0.25, -0.2) is 0 Å². The molecular formula is C16H24ClNO2. The largest absolute Gasteiger partial charge is 0.491 e. The first-order valence-corrected chi connectivity index (χ1v) is 7.65. The zero-order valence-electron chi connectivity index (χ0n) is 12.6. The normalized spacial score (nSPS) is 10.7. The number of carbonyl (C=O) groups is 1. The lowest BCUT2D eigenvalue weighted by Gasteiger charge is -2.24. The van der Waals surface area contributed by atoms with Gasteiger partial charge in [0.05, 0.1) is 12.3 Å². The molecule has 0 aliphatic carbocycles. The van der Waals surface area contributed by atoms with E-state index in [0.29, 0.717) is 24.9 Å². The number of benzene rings is 1. The van der Waals surface area contributed by atoms with Crippen molar-refractivity contribution >= 4 is 23.2 Å². The van der Waals surface area contributed by atoms with Gasteiger partial charge in [0.1, 0.15) is 5.75 Å². The Balaban J connectivity index is 2.86. The molecule has 1 aromatic carbocycles. The van der Waals surface area contributed by atoms with E-state index in [0.717, 1.165) is 24.3 Å². The van der Waals surface area contributed by atoms with Gasteiger partial charge in [0.2, 0.25) is 5.91 Å². The molecule has 4 heteroatoms. The minimum absolute atomic E-state index is 0.0279. The molecule has 1 rings (SSSR count). The van der Waals surface area contributed by atoms with E-state index in [1.54, 1.807) is 11.8 Å². The summed E-state index contributed by atoms with van der Waals surface area (Å²) in [5.41, 5.74) is 0.843. The summed E-state index contributed by atoms with van der Waals surface area (Å²) < 4.78 is 5.82. The number of carbonyl (C=O) groups excluding carboxylic acids is 1. The van der Waals surface area contributed by atoms with E-state index >= 15 is 0 Å². The third-order valence-electron chi connectivity index (χ3n) is 2.87. The summed E-state index contributed by atoms with van der Waals surface area (Å²) in [4.78, 5) is 13.6. The number of ether oxygens (including phenoxy) is 1. The SMILES string of the molecule is CC(=O)N(CCCCCl)c1ccccc1OCC(C)C. The number of nitrogens with zero attached hydrogens (tertiary/aromatic N) is 1. The molecule has 0 aromatic heterocycles. The maximum Gasteiger partial charge on any atom is 0.223 e. The molecule has 0 fully saturated rings. The first kappa shape index (κ1) is 16.8. The highest BCUT2D eigenvalue weighted by atomic mass is 35.5. The zero-order valence-corrected chi connectivity index (χ0v) is 13.3. The fraction of sp³-hybridized carbons (Fsp3) is 0.562. The number of unbranched alkanes of at least 4 members (excludes halogenated alkanes) is 1. The van der Waals surface area contributed by atoms with E-state index in [2.05, 4.69) is 13.8 Å². The molecule has 0 N–H and O–H groups in total. The monoisotopic (exact) mass is 297 g/mol. The van der Waals surface area contributed by atoms with Gasteiger partial charge in [-0.15, -0.1) is 11.6 Å². The van der Waals surface area contributed by atoms with Crippen molar-refractivity contribution in [3.8, 4) is 5.75 Å². The first-order chi connectivity index (χ1) is 9.56. The molecule has 112 valence electrons. The van der Waals surface area contributed by atoms with Gasteiger partial charge in [0.25, 0.3) is 0 Å². The molecule has 3 nitrogen and oxygen atoms in total. The number of alkyl halides is 1. The summed E-state index contributed by atoms with van der Waals surface area (Å²) >= 11 is 5.70. The summed E-state index contributed by atoms with van der Waals surface area (Å²) in [6, 6.07) is 7.69. The van der Waals surface area contributed by atoms with Crippen LogP contribution in [0.4, 0.5) is 5.69 Å². The summed E-state index contributed by atoms with van der Waals surface area (Å²) in [5, 5.41) is 0. The second kappa shape index (κ2) is 8.85. The van der Waals surface area contributed by atoms with Gasteiger partial charge in [-0.05, 0) is 30.9 Å². The van der Waals surface area contributed by atoms with Crippen LogP contribution in [0.3, 0.4) is 0 Å². The van der Waals surface area contributed by atoms with Gasteiger partial charge in [-0.3, -0.25) is 4.79 Å². The van der Waals surface area contributed by atoms with Crippen LogP contribution in [0.1, 0.15) is 33.6 Å². The maximum atomic E-state index is 11.9. The molecule has 1 aromatic rings. The second-order valence-corrected chi connectivity index (χ2v) is 5.62. The molecule has 0 spiro atoms. The lowest BCUT2D eigenvalue weighted by molar-refractivity contribution is -0.116. The van der Waals surface area contributed by atoms with Crippen LogP contribution in [0, 0.1) is 5.92 Å². The summed E-state index contributed by atoms with van der Waals surface area (Å²) in [6.45, 7) is 7.10. The number of hydrogen-bond donors (Lipinski definition) is 0. The van der Waals surface area contributed by atoms with Crippen LogP contribution >= 0.6 is 11.6 Å². The minimum Gasteiger partial charge on any atom is -0.491 e. The van der Waals surface area contributed by atoms with Crippen molar-refractivity contribution in [2.75, 3.05) is 23.9 Å². The highest BCUT2D eigenvalue weighted by Gasteiger charge is 2.15. The Morgan fingerprint density at radius 2 is 2.00 bits per heavy atom. The number of hydrogen-bond acceptors (Lipinski definition) is 2. The molecule has 0 saturated heterocycles. The van der Waals surface area contributed by atoms with E-state index in [-0.39, 0.29) is 5.91 Å². The molecule has 0 saturated carbocycles. The van der Waals surface area contributed by atoms with Gasteiger partial charge < -0.3 is 9.64 Å². The predicted octanol–water partition coefficient (Wildman–Crippen LogP) is 4.09. The van der Waals surface area contributed by atoms with Gasteiger partial charge in [-0.2, -0.15) is 0 Å². The Morgan fingerprint density at radius 3 is 2.60 bits per heavy atom. The third-order valence-corrected chi connectivity index (χ3v) is 3.14. The van der Waals surface area contributed by atoms with E-state index < -0.39 is 0 Å². The van der Waals surface area contributed by atoms with Crippen LogP contribution in [-0.4, -0.2) is 24.9 Å². The Bertz CT molecular complexity index is 421. The molecule has 0 aliphatic rings. The molecular weight excluding hydrogens is 274 g/mol. The zero-order chi connectivity index (χ0) is 15.0. The van der Waals surface area contributed by atoms with Crippen molar-refractivity contribution in [1.29, 1.82) is 0 Å². The first-order valence-electron chi connectivity index (χ1n) is 7.12. The molecule has 0 aliphatic heterocycles. The summed E-state index contributed by atoms with van der Waals surface area (Å²) in [7, 11) is 0. The smallest absolute Gasteiger partial charge is 0.223 e. The third kappa shape index (κ3) is 5.41. The molecule has 0 bridgehead atoms. The van der Waals surface area contributed by atoms with Crippen molar-refractivity contribution < 1.29 is 9.53 Å². The number of halogens is 1. The Labute approximate surface area is 126 Å². The van der Waals surface area contributed by atoms with Crippen LogP contribution in [0.25, 0.3) is 0 Å². The van der Waals surface area contributed by atoms with Crippen LogP contribution in [0.5, 0.6) is 5.75 Å². The maximum absolute atomic E-state index is 11.9. The average molecular weight is 298 g/mol. The minimum atomic E-state index is 0.0279. The molecule has 0 heterocycles. The predicted molar refractivity (Wildman–Crippen MR) is 84.8 cm³/mol. The summed E-state index contributed by atoms with van der Waals surface area (Å²) in [6.07, 6.45) is 1.79. The van der Waals surface area contributed by atoms with Crippen LogP contribution < -0.4 is 9.64 Å². The molecule has 0 unspecified atom stereocenters. The van der Waals surface area contributed by atoms with E-state index in [1.807, 2.05) is 24.3 Å². The van der Waals surface area contributed by atoms with Crippen LogP contribution in [-0.2, 0) is 4.79 Å². The van der Waals surface area contributed by atoms with Crippen LogP contribution in [0.2, 0.25) is 0 Å². The highest BCUT2D eigenvalue weighted by molar-refractivity contribution is 6.17. The second-order valence-electron chi connectivity index (χ2n) is 5.24. The fourth-order valence-corrected chi connectivity index (χ4v) is 2.06. The number of amides is 1. The number of anilines is 1. The van der Waals surface area contributed by atoms with Crippen molar-refractivity contribution in [3.05, 3.63) is 24.3 Å². The Morgan fingerprint density at radius 1 is 1.30 bits per heavy atom. The van der Waals surface area contributed by atoms with Gasteiger partial charge in [-0.1, -0.05) is 26.0 Å². The van der Waals surface area contributed by atoms with E-state index in [9.17, 15) is 4.79 Å². The number of rotatable bonds is 8. The lowest BCUT2D eigenvalue weighted by atomic mass is 10.2. The topological polar surface area (TPSA) is 29.5 Å². The molecule has 1 amide bonds. The van der Waals surface area contributed by atoms with Crippen molar-refractivity contribution in [2.24, 2.45) is 5.92 Å². The van der Waals surface area contributed by atoms with Crippen molar-refractivity contribution in [1.82, 2.24) is 0 Å². The Hall–Kier alpha value is -1.22. The van der Waals surface area contributed by atoms with Crippen LogP contribution in [0.15, 0.2) is 24.3 Å². The molecule has 0 radical (unpaired) electrons. The average Bonchev–Trinajstić information content (AvgIpc) is 2.41. The van der Waals surface area contributed by atoms with Crippen molar-refractivity contribution in [2.45, 2.75) is 33.6 Å². The molecule has 0 atom stereocenters.